The highest BCUT2D eigenvalue weighted by Gasteiger charge is 2.09. The summed E-state index contributed by atoms with van der Waals surface area (Å²) in [6, 6.07) is 11.9. The summed E-state index contributed by atoms with van der Waals surface area (Å²) >= 11 is 2.08. The van der Waals surface area contributed by atoms with Crippen LogP contribution >= 0.6 is 22.6 Å². The Kier molecular flexibility index (Phi) is 2.95. The van der Waals surface area contributed by atoms with Gasteiger partial charge in [-0.2, -0.15) is 5.26 Å². The fourth-order valence-corrected chi connectivity index (χ4v) is 2.62. The van der Waals surface area contributed by atoms with Gasteiger partial charge in [0.2, 0.25) is 0 Å². The third-order valence-corrected chi connectivity index (χ3v) is 3.69. The van der Waals surface area contributed by atoms with Crippen LogP contribution in [0, 0.1) is 20.7 Å². The molecule has 3 rings (SSSR count). The van der Waals surface area contributed by atoms with Gasteiger partial charge in [0.05, 0.1) is 22.7 Å². The lowest BCUT2D eigenvalue weighted by atomic mass is 10.2. The number of rotatable bonds is 1. The monoisotopic (exact) mass is 363 g/mol. The highest BCUT2D eigenvalue weighted by atomic mass is 127. The van der Waals surface area contributed by atoms with E-state index in [0.717, 1.165) is 20.2 Å². The maximum absolute atomic E-state index is 13.1. The predicted molar refractivity (Wildman–Crippen MR) is 78.9 cm³/mol. The topological polar surface area (TPSA) is 52.5 Å². The van der Waals surface area contributed by atoms with E-state index in [-0.39, 0.29) is 5.82 Å². The van der Waals surface area contributed by atoms with E-state index in [1.54, 1.807) is 24.3 Å². The number of nitrogens with zero attached hydrogens (tertiary/aromatic N) is 2. The lowest BCUT2D eigenvalue weighted by molar-refractivity contribution is 0.627. The lowest BCUT2D eigenvalue weighted by Crippen LogP contribution is -1.86. The summed E-state index contributed by atoms with van der Waals surface area (Å²) in [6.45, 7) is 0. The molecule has 0 bridgehead atoms. The Bertz CT molecular complexity index is 817. The number of imidazole rings is 1. The molecule has 0 unspecified atom stereocenters. The number of nitriles is 1. The molecule has 0 amide bonds. The van der Waals surface area contributed by atoms with Gasteiger partial charge >= 0.3 is 0 Å². The molecule has 0 aliphatic rings. The maximum Gasteiger partial charge on any atom is 0.139 e. The van der Waals surface area contributed by atoms with Gasteiger partial charge in [0, 0.05) is 9.13 Å². The highest BCUT2D eigenvalue weighted by molar-refractivity contribution is 14.1. The SMILES string of the molecule is N#Cc1ccc2nc(-c3ccc(F)cc3I)[nH]c2c1. The normalized spacial score (nSPS) is 10.6. The van der Waals surface area contributed by atoms with Gasteiger partial charge in [-0.15, -0.1) is 0 Å². The Hall–Kier alpha value is -1.94. The molecule has 92 valence electrons. The number of aromatic nitrogens is 2. The first kappa shape index (κ1) is 12.1. The van der Waals surface area contributed by atoms with Crippen molar-refractivity contribution in [3.05, 3.63) is 51.3 Å². The van der Waals surface area contributed by atoms with Crippen molar-refractivity contribution < 1.29 is 4.39 Å². The van der Waals surface area contributed by atoms with Gasteiger partial charge in [-0.05, 0) is 59.0 Å². The van der Waals surface area contributed by atoms with Crippen LogP contribution in [0.15, 0.2) is 36.4 Å². The summed E-state index contributed by atoms with van der Waals surface area (Å²) in [5, 5.41) is 8.87. The number of nitrogens with one attached hydrogen (secondary N) is 1. The molecule has 0 aliphatic heterocycles. The Labute approximate surface area is 122 Å². The van der Waals surface area contributed by atoms with Crippen molar-refractivity contribution in [2.75, 3.05) is 0 Å². The second kappa shape index (κ2) is 4.63. The molecule has 2 aromatic carbocycles. The Morgan fingerprint density at radius 1 is 1.21 bits per heavy atom. The van der Waals surface area contributed by atoms with E-state index in [1.807, 2.05) is 0 Å². The van der Waals surface area contributed by atoms with E-state index in [4.69, 9.17) is 5.26 Å². The van der Waals surface area contributed by atoms with Crippen molar-refractivity contribution in [1.29, 1.82) is 5.26 Å². The minimum absolute atomic E-state index is 0.268. The number of benzene rings is 2. The van der Waals surface area contributed by atoms with Gasteiger partial charge in [-0.25, -0.2) is 9.37 Å². The van der Waals surface area contributed by atoms with Crippen LogP contribution in [0.2, 0.25) is 0 Å². The quantitative estimate of drug-likeness (QED) is 0.668. The van der Waals surface area contributed by atoms with Gasteiger partial charge in [0.1, 0.15) is 11.6 Å². The molecular weight excluding hydrogens is 356 g/mol. The van der Waals surface area contributed by atoms with Crippen molar-refractivity contribution in [2.45, 2.75) is 0 Å². The second-order valence-corrected chi connectivity index (χ2v) is 5.22. The summed E-state index contributed by atoms with van der Waals surface area (Å²) < 4.78 is 13.9. The van der Waals surface area contributed by atoms with E-state index in [2.05, 4.69) is 38.6 Å². The van der Waals surface area contributed by atoms with Crippen LogP contribution in [0.4, 0.5) is 4.39 Å². The number of fused-ring (bicyclic) bond motifs is 1. The van der Waals surface area contributed by atoms with E-state index < -0.39 is 0 Å². The van der Waals surface area contributed by atoms with Crippen molar-refractivity contribution in [2.24, 2.45) is 0 Å². The molecule has 5 heteroatoms. The van der Waals surface area contributed by atoms with Gasteiger partial charge in [-0.1, -0.05) is 0 Å². The Balaban J connectivity index is 2.18. The lowest BCUT2D eigenvalue weighted by Gasteiger charge is -2.00. The van der Waals surface area contributed by atoms with E-state index >= 15 is 0 Å². The van der Waals surface area contributed by atoms with Crippen molar-refractivity contribution in [3.63, 3.8) is 0 Å². The smallest absolute Gasteiger partial charge is 0.139 e. The zero-order valence-electron chi connectivity index (χ0n) is 9.61. The Morgan fingerprint density at radius 3 is 2.79 bits per heavy atom. The molecule has 19 heavy (non-hydrogen) atoms. The predicted octanol–water partition coefficient (Wildman–Crippen LogP) is 3.85. The van der Waals surface area contributed by atoms with Crippen LogP contribution in [-0.2, 0) is 0 Å². The molecule has 0 spiro atoms. The number of hydrogen-bond acceptors (Lipinski definition) is 2. The first-order valence-electron chi connectivity index (χ1n) is 5.52. The van der Waals surface area contributed by atoms with Crippen LogP contribution < -0.4 is 0 Å². The summed E-state index contributed by atoms with van der Waals surface area (Å²) in [4.78, 5) is 7.61. The fourth-order valence-electron chi connectivity index (χ4n) is 1.89. The maximum atomic E-state index is 13.1. The highest BCUT2D eigenvalue weighted by Crippen LogP contribution is 2.26. The summed E-state index contributed by atoms with van der Waals surface area (Å²) in [7, 11) is 0. The van der Waals surface area contributed by atoms with Crippen LogP contribution in [0.3, 0.4) is 0 Å². The minimum atomic E-state index is -0.268. The molecule has 0 fully saturated rings. The molecular formula is C14H7FIN3. The van der Waals surface area contributed by atoms with E-state index in [9.17, 15) is 4.39 Å². The van der Waals surface area contributed by atoms with Crippen LogP contribution in [0.5, 0.6) is 0 Å². The van der Waals surface area contributed by atoms with Gasteiger partial charge in [0.25, 0.3) is 0 Å². The largest absolute Gasteiger partial charge is 0.338 e. The van der Waals surface area contributed by atoms with E-state index in [1.165, 1.54) is 12.1 Å². The standard InChI is InChI=1S/C14H7FIN3/c15-9-2-3-10(11(16)6-9)14-18-12-4-1-8(7-17)5-13(12)19-14/h1-6H,(H,18,19). The molecule has 1 aromatic heterocycles. The second-order valence-electron chi connectivity index (χ2n) is 4.05. The minimum Gasteiger partial charge on any atom is -0.338 e. The molecule has 0 saturated heterocycles. The Morgan fingerprint density at radius 2 is 2.05 bits per heavy atom. The molecule has 3 aromatic rings. The van der Waals surface area contributed by atoms with Crippen LogP contribution in [0.1, 0.15) is 5.56 Å². The molecule has 0 aliphatic carbocycles. The third kappa shape index (κ3) is 2.19. The van der Waals surface area contributed by atoms with Crippen LogP contribution in [-0.4, -0.2) is 9.97 Å². The molecule has 3 nitrogen and oxygen atoms in total. The van der Waals surface area contributed by atoms with Gasteiger partial charge < -0.3 is 4.98 Å². The average molecular weight is 363 g/mol. The number of aromatic amines is 1. The summed E-state index contributed by atoms with van der Waals surface area (Å²) in [5.74, 6) is 0.408. The van der Waals surface area contributed by atoms with Crippen molar-refractivity contribution in [3.8, 4) is 17.5 Å². The molecule has 0 atom stereocenters. The van der Waals surface area contributed by atoms with Crippen molar-refractivity contribution in [1.82, 2.24) is 9.97 Å². The van der Waals surface area contributed by atoms with E-state index in [0.29, 0.717) is 11.4 Å². The first-order chi connectivity index (χ1) is 9.17. The molecule has 1 N–H and O–H groups in total. The van der Waals surface area contributed by atoms with Gasteiger partial charge in [0.15, 0.2) is 0 Å². The van der Waals surface area contributed by atoms with Crippen LogP contribution in [0.25, 0.3) is 22.4 Å². The first-order valence-corrected chi connectivity index (χ1v) is 6.60. The van der Waals surface area contributed by atoms with Crippen molar-refractivity contribution >= 4 is 33.6 Å². The van der Waals surface area contributed by atoms with Gasteiger partial charge in [-0.3, -0.25) is 0 Å². The molecule has 0 saturated carbocycles. The summed E-state index contributed by atoms with van der Waals surface area (Å²) in [6.07, 6.45) is 0. The average Bonchev–Trinajstić information content (AvgIpc) is 2.80. The summed E-state index contributed by atoms with van der Waals surface area (Å²) in [5.41, 5.74) is 3.01. The zero-order chi connectivity index (χ0) is 13.4. The number of hydrogen-bond donors (Lipinski definition) is 1. The zero-order valence-corrected chi connectivity index (χ0v) is 11.8. The number of H-pyrrole nitrogens is 1. The molecule has 1 heterocycles. The third-order valence-electron chi connectivity index (χ3n) is 2.80. The number of halogens is 2. The molecule has 0 radical (unpaired) electrons. The fraction of sp³-hybridized carbons (Fsp3) is 0.